The van der Waals surface area contributed by atoms with Crippen LogP contribution in [0.3, 0.4) is 0 Å². The van der Waals surface area contributed by atoms with E-state index in [1.165, 1.54) is 0 Å². The molecule has 80 valence electrons. The van der Waals surface area contributed by atoms with E-state index in [1.54, 1.807) is 4.90 Å². The van der Waals surface area contributed by atoms with Crippen LogP contribution < -0.4 is 10.6 Å². The molecule has 1 aliphatic heterocycles. The maximum atomic E-state index is 11.5. The predicted octanol–water partition coefficient (Wildman–Crippen LogP) is -1.06. The van der Waals surface area contributed by atoms with Gasteiger partial charge in [-0.15, -0.1) is 0 Å². The highest BCUT2D eigenvalue weighted by molar-refractivity contribution is 5.87. The number of nitrogens with zero attached hydrogens (tertiary/aromatic N) is 1. The van der Waals surface area contributed by atoms with Gasteiger partial charge in [0, 0.05) is 25.6 Å². The van der Waals surface area contributed by atoms with E-state index in [0.29, 0.717) is 19.5 Å². The van der Waals surface area contributed by atoms with Crippen molar-refractivity contribution in [3.63, 3.8) is 0 Å². The molecule has 0 bridgehead atoms. The lowest BCUT2D eigenvalue weighted by Gasteiger charge is -2.23. The van der Waals surface area contributed by atoms with Crippen molar-refractivity contribution in [1.29, 1.82) is 0 Å². The molecule has 1 saturated heterocycles. The fourth-order valence-corrected chi connectivity index (χ4v) is 1.35. The molecule has 14 heavy (non-hydrogen) atoms. The number of hydrogen-bond acceptors (Lipinski definition) is 3. The monoisotopic (exact) mass is 199 g/mol. The Morgan fingerprint density at radius 1 is 1.57 bits per heavy atom. The first-order valence-electron chi connectivity index (χ1n) is 4.85. The van der Waals surface area contributed by atoms with Crippen LogP contribution in [0.2, 0.25) is 0 Å². The van der Waals surface area contributed by atoms with Crippen LogP contribution in [-0.2, 0) is 9.59 Å². The molecule has 0 saturated carbocycles. The largest absolute Gasteiger partial charge is 0.347 e. The van der Waals surface area contributed by atoms with Gasteiger partial charge < -0.3 is 15.5 Å². The van der Waals surface area contributed by atoms with Gasteiger partial charge in [-0.05, 0) is 14.0 Å². The Morgan fingerprint density at radius 3 is 2.93 bits per heavy atom. The Hall–Kier alpha value is -1.10. The van der Waals surface area contributed by atoms with E-state index in [9.17, 15) is 9.59 Å². The van der Waals surface area contributed by atoms with Gasteiger partial charge in [0.05, 0.1) is 6.54 Å². The molecule has 1 aliphatic rings. The summed E-state index contributed by atoms with van der Waals surface area (Å²) in [7, 11) is 1.86. The van der Waals surface area contributed by atoms with Crippen molar-refractivity contribution in [3.05, 3.63) is 0 Å². The number of carbonyl (C=O) groups is 2. The minimum Gasteiger partial charge on any atom is -0.347 e. The van der Waals surface area contributed by atoms with Gasteiger partial charge in [0.1, 0.15) is 0 Å². The van der Waals surface area contributed by atoms with Gasteiger partial charge in [0.15, 0.2) is 0 Å². The summed E-state index contributed by atoms with van der Waals surface area (Å²) in [4.78, 5) is 24.2. The topological polar surface area (TPSA) is 61.4 Å². The fourth-order valence-electron chi connectivity index (χ4n) is 1.35. The van der Waals surface area contributed by atoms with Crippen LogP contribution in [0.15, 0.2) is 0 Å². The van der Waals surface area contributed by atoms with Crippen LogP contribution in [-0.4, -0.2) is 49.4 Å². The smallest absolute Gasteiger partial charge is 0.242 e. The van der Waals surface area contributed by atoms with Crippen LogP contribution in [0.25, 0.3) is 0 Å². The summed E-state index contributed by atoms with van der Waals surface area (Å²) in [6.07, 6.45) is 0.405. The number of hydrogen-bond donors (Lipinski definition) is 2. The predicted molar refractivity (Wildman–Crippen MR) is 52.7 cm³/mol. The van der Waals surface area contributed by atoms with Crippen molar-refractivity contribution in [2.24, 2.45) is 0 Å². The van der Waals surface area contributed by atoms with E-state index < -0.39 is 0 Å². The van der Waals surface area contributed by atoms with Gasteiger partial charge in [-0.25, -0.2) is 0 Å². The molecule has 0 radical (unpaired) electrons. The van der Waals surface area contributed by atoms with E-state index >= 15 is 0 Å². The van der Waals surface area contributed by atoms with Gasteiger partial charge in [-0.2, -0.15) is 0 Å². The van der Waals surface area contributed by atoms with Gasteiger partial charge in [-0.1, -0.05) is 0 Å². The zero-order chi connectivity index (χ0) is 10.6. The van der Waals surface area contributed by atoms with E-state index in [2.05, 4.69) is 10.6 Å². The molecule has 1 atom stereocenters. The molecule has 0 spiro atoms. The van der Waals surface area contributed by atoms with Crippen LogP contribution >= 0.6 is 0 Å². The molecule has 1 rings (SSSR count). The van der Waals surface area contributed by atoms with E-state index in [4.69, 9.17) is 0 Å². The zero-order valence-electron chi connectivity index (χ0n) is 8.67. The van der Waals surface area contributed by atoms with Gasteiger partial charge in [0.25, 0.3) is 0 Å². The molecule has 0 aromatic heterocycles. The summed E-state index contributed by atoms with van der Waals surface area (Å²) >= 11 is 0. The molecule has 0 aliphatic carbocycles. The highest BCUT2D eigenvalue weighted by Crippen LogP contribution is 1.99. The van der Waals surface area contributed by atoms with Crippen molar-refractivity contribution in [3.8, 4) is 0 Å². The summed E-state index contributed by atoms with van der Waals surface area (Å²) in [5.41, 5.74) is 0. The number of likely N-dealkylation sites (N-methyl/N-ethyl adjacent to an activating group) is 1. The van der Waals surface area contributed by atoms with Crippen LogP contribution in [0.5, 0.6) is 0 Å². The van der Waals surface area contributed by atoms with E-state index in [1.807, 2.05) is 14.0 Å². The van der Waals surface area contributed by atoms with E-state index in [-0.39, 0.29) is 24.4 Å². The third kappa shape index (κ3) is 2.99. The fraction of sp³-hybridized carbons (Fsp3) is 0.778. The Morgan fingerprint density at radius 2 is 2.29 bits per heavy atom. The molecule has 0 aromatic rings. The minimum atomic E-state index is -0.0436. The lowest BCUT2D eigenvalue weighted by atomic mass is 10.3. The first-order valence-corrected chi connectivity index (χ1v) is 4.85. The molecule has 2 amide bonds. The van der Waals surface area contributed by atoms with Crippen molar-refractivity contribution >= 4 is 11.8 Å². The number of carbonyl (C=O) groups excluding carboxylic acids is 2. The van der Waals surface area contributed by atoms with Gasteiger partial charge in [0.2, 0.25) is 11.8 Å². The highest BCUT2D eigenvalue weighted by atomic mass is 16.2. The molecular formula is C9H17N3O2. The second-order valence-corrected chi connectivity index (χ2v) is 3.56. The van der Waals surface area contributed by atoms with Crippen molar-refractivity contribution in [2.75, 3.05) is 26.7 Å². The summed E-state index contributed by atoms with van der Waals surface area (Å²) in [5, 5.41) is 5.63. The molecule has 0 aromatic carbocycles. The lowest BCUT2D eigenvalue weighted by molar-refractivity contribution is -0.130. The summed E-state index contributed by atoms with van der Waals surface area (Å²) in [6.45, 7) is 3.32. The molecular weight excluding hydrogens is 182 g/mol. The summed E-state index contributed by atoms with van der Waals surface area (Å²) in [6, 6.07) is 0.257. The lowest BCUT2D eigenvalue weighted by Crippen LogP contribution is -2.42. The average Bonchev–Trinajstić information content (AvgIpc) is 2.33. The molecule has 1 heterocycles. The number of rotatable bonds is 3. The first kappa shape index (κ1) is 11.0. The Balaban J connectivity index is 2.49. The zero-order valence-corrected chi connectivity index (χ0v) is 8.67. The third-order valence-electron chi connectivity index (χ3n) is 2.39. The summed E-state index contributed by atoms with van der Waals surface area (Å²) in [5.74, 6) is -0.0455. The molecule has 5 heteroatoms. The van der Waals surface area contributed by atoms with Gasteiger partial charge >= 0.3 is 0 Å². The Labute approximate surface area is 83.8 Å². The standard InChI is InChI=1S/C9H17N3O2/c1-7(10-2)6-12-4-3-8(13)11-5-9(12)14/h7,10H,3-6H2,1-2H3,(H,11,13). The quantitative estimate of drug-likeness (QED) is 0.609. The maximum absolute atomic E-state index is 11.5. The van der Waals surface area contributed by atoms with Crippen molar-refractivity contribution in [2.45, 2.75) is 19.4 Å². The van der Waals surface area contributed by atoms with Crippen LogP contribution in [0, 0.1) is 0 Å². The Kier molecular flexibility index (Phi) is 3.88. The molecule has 5 nitrogen and oxygen atoms in total. The van der Waals surface area contributed by atoms with E-state index in [0.717, 1.165) is 0 Å². The highest BCUT2D eigenvalue weighted by Gasteiger charge is 2.20. The number of nitrogens with one attached hydrogen (secondary N) is 2. The minimum absolute atomic E-state index is 0.00190. The average molecular weight is 199 g/mol. The Bertz CT molecular complexity index is 230. The van der Waals surface area contributed by atoms with Crippen molar-refractivity contribution in [1.82, 2.24) is 15.5 Å². The van der Waals surface area contributed by atoms with Gasteiger partial charge in [-0.3, -0.25) is 9.59 Å². The summed E-state index contributed by atoms with van der Waals surface area (Å²) < 4.78 is 0. The molecule has 1 unspecified atom stereocenters. The third-order valence-corrected chi connectivity index (χ3v) is 2.39. The molecule has 2 N–H and O–H groups in total. The SMILES string of the molecule is CNC(C)CN1CCC(=O)NCC1=O. The molecule has 1 fully saturated rings. The second kappa shape index (κ2) is 4.95. The number of amides is 2. The first-order chi connectivity index (χ1) is 6.63. The maximum Gasteiger partial charge on any atom is 0.242 e. The second-order valence-electron chi connectivity index (χ2n) is 3.56. The van der Waals surface area contributed by atoms with Crippen molar-refractivity contribution < 1.29 is 9.59 Å². The normalized spacial score (nSPS) is 20.3. The van der Waals surface area contributed by atoms with Crippen LogP contribution in [0.4, 0.5) is 0 Å². The van der Waals surface area contributed by atoms with Crippen LogP contribution in [0.1, 0.15) is 13.3 Å².